The van der Waals surface area contributed by atoms with E-state index in [0.29, 0.717) is 29.5 Å². The van der Waals surface area contributed by atoms with Gasteiger partial charge >= 0.3 is 0 Å². The number of amides is 1. The van der Waals surface area contributed by atoms with Crippen LogP contribution in [-0.4, -0.2) is 17.5 Å². The fourth-order valence-electron chi connectivity index (χ4n) is 3.29. The lowest BCUT2D eigenvalue weighted by Crippen LogP contribution is -2.19. The van der Waals surface area contributed by atoms with Gasteiger partial charge < -0.3 is 15.8 Å². The van der Waals surface area contributed by atoms with Crippen molar-refractivity contribution < 1.29 is 13.9 Å². The van der Waals surface area contributed by atoms with Gasteiger partial charge in [0, 0.05) is 11.3 Å². The smallest absolute Gasteiger partial charge is 0.258 e. The quantitative estimate of drug-likeness (QED) is 0.435. The molecule has 0 bridgehead atoms. The summed E-state index contributed by atoms with van der Waals surface area (Å²) in [6.45, 7) is 0.707. The number of pyridine rings is 1. The molecule has 0 spiro atoms. The van der Waals surface area contributed by atoms with Gasteiger partial charge in [-0.15, -0.1) is 0 Å². The van der Waals surface area contributed by atoms with E-state index in [-0.39, 0.29) is 17.1 Å². The fraction of sp³-hybridized carbons (Fsp3) is 0.217. The van der Waals surface area contributed by atoms with Crippen LogP contribution >= 0.6 is 0 Å². The average molecular weight is 419 g/mol. The van der Waals surface area contributed by atoms with Gasteiger partial charge in [-0.05, 0) is 73.4 Å². The number of nitrogens with two attached hydrogens (primary N) is 1. The first kappa shape index (κ1) is 20.5. The second kappa shape index (κ2) is 8.91. The molecule has 1 aliphatic carbocycles. The van der Waals surface area contributed by atoms with Crippen LogP contribution in [0.25, 0.3) is 11.3 Å². The molecular formula is C23H22FN5O2. The third-order valence-electron chi connectivity index (χ3n) is 5.35. The molecule has 1 aliphatic rings. The molecule has 1 heterocycles. The number of ether oxygens (including phenoxy) is 1. The number of benzene rings is 2. The zero-order valence-corrected chi connectivity index (χ0v) is 16.8. The topological polar surface area (TPSA) is 113 Å². The van der Waals surface area contributed by atoms with Gasteiger partial charge in [-0.25, -0.2) is 14.9 Å². The van der Waals surface area contributed by atoms with E-state index in [1.165, 1.54) is 37.5 Å². The van der Waals surface area contributed by atoms with Crippen LogP contribution in [0.4, 0.5) is 21.6 Å². The molecule has 0 saturated heterocycles. The Balaban J connectivity index is 1.47. The molecule has 3 aromatic rings. The first-order chi connectivity index (χ1) is 15.0. The first-order valence-corrected chi connectivity index (χ1v) is 10.0. The summed E-state index contributed by atoms with van der Waals surface area (Å²) in [7, 11) is 0. The highest BCUT2D eigenvalue weighted by Gasteiger charge is 2.18. The molecule has 1 saturated carbocycles. The molecule has 4 rings (SSSR count). The van der Waals surface area contributed by atoms with Crippen molar-refractivity contribution in [1.29, 1.82) is 5.53 Å². The SMILES string of the molecule is N=Nc1ccc(-c2ccc(F)c(C(=O)Nc3ccc(OCC4CCC4)cc3)c2)nc1N. The molecule has 7 nitrogen and oxygen atoms in total. The van der Waals surface area contributed by atoms with Crippen molar-refractivity contribution in [3.8, 4) is 17.0 Å². The van der Waals surface area contributed by atoms with Gasteiger partial charge in [-0.1, -0.05) is 6.42 Å². The number of nitrogens with one attached hydrogen (secondary N) is 2. The Kier molecular flexibility index (Phi) is 5.88. The van der Waals surface area contributed by atoms with Gasteiger partial charge in [-0.2, -0.15) is 5.11 Å². The van der Waals surface area contributed by atoms with Crippen LogP contribution in [0.15, 0.2) is 59.7 Å². The zero-order valence-electron chi connectivity index (χ0n) is 16.8. The van der Waals surface area contributed by atoms with Crippen molar-refractivity contribution in [1.82, 2.24) is 4.98 Å². The van der Waals surface area contributed by atoms with Crippen LogP contribution in [0.1, 0.15) is 29.6 Å². The molecule has 158 valence electrons. The van der Waals surface area contributed by atoms with E-state index in [1.807, 2.05) is 0 Å². The minimum atomic E-state index is -0.646. The molecule has 1 fully saturated rings. The van der Waals surface area contributed by atoms with Crippen LogP contribution in [0.5, 0.6) is 5.75 Å². The maximum absolute atomic E-state index is 14.3. The molecule has 2 aromatic carbocycles. The number of carbonyl (C=O) groups is 1. The third-order valence-corrected chi connectivity index (χ3v) is 5.35. The molecule has 0 atom stereocenters. The van der Waals surface area contributed by atoms with Gasteiger partial charge in [0.1, 0.15) is 17.3 Å². The molecule has 0 radical (unpaired) electrons. The number of anilines is 2. The van der Waals surface area contributed by atoms with Crippen molar-refractivity contribution in [2.24, 2.45) is 11.0 Å². The van der Waals surface area contributed by atoms with E-state index in [0.717, 1.165) is 5.75 Å². The highest BCUT2D eigenvalue weighted by Crippen LogP contribution is 2.28. The molecule has 0 unspecified atom stereocenters. The maximum atomic E-state index is 14.3. The molecular weight excluding hydrogens is 397 g/mol. The molecule has 8 heteroatoms. The second-order valence-electron chi connectivity index (χ2n) is 7.49. The van der Waals surface area contributed by atoms with Crippen LogP contribution in [0, 0.1) is 17.3 Å². The Bertz CT molecular complexity index is 1110. The van der Waals surface area contributed by atoms with Crippen molar-refractivity contribution in [2.45, 2.75) is 19.3 Å². The van der Waals surface area contributed by atoms with Crippen LogP contribution in [-0.2, 0) is 0 Å². The van der Waals surface area contributed by atoms with E-state index in [1.54, 1.807) is 36.4 Å². The standard InChI is InChI=1S/C23H22FN5O2/c24-19-9-4-15(20-10-11-21(29-26)22(25)28-20)12-18(19)23(30)27-16-5-7-17(8-6-16)31-13-14-2-1-3-14/h4-12,14,26H,1-3,13H2,(H2,25,28)(H,27,30). The van der Waals surface area contributed by atoms with E-state index >= 15 is 0 Å². The lowest BCUT2D eigenvalue weighted by Gasteiger charge is -2.25. The summed E-state index contributed by atoms with van der Waals surface area (Å²) in [6, 6.07) is 14.3. The highest BCUT2D eigenvalue weighted by atomic mass is 19.1. The van der Waals surface area contributed by atoms with Crippen LogP contribution in [0.3, 0.4) is 0 Å². The summed E-state index contributed by atoms with van der Waals surface area (Å²) >= 11 is 0. The van der Waals surface area contributed by atoms with E-state index < -0.39 is 11.7 Å². The minimum Gasteiger partial charge on any atom is -0.493 e. The largest absolute Gasteiger partial charge is 0.493 e. The van der Waals surface area contributed by atoms with E-state index in [9.17, 15) is 9.18 Å². The number of rotatable bonds is 7. The summed E-state index contributed by atoms with van der Waals surface area (Å²) in [5.41, 5.74) is 14.5. The molecule has 4 N–H and O–H groups in total. The monoisotopic (exact) mass is 419 g/mol. The summed E-state index contributed by atoms with van der Waals surface area (Å²) < 4.78 is 20.1. The third kappa shape index (κ3) is 4.69. The number of halogens is 1. The lowest BCUT2D eigenvalue weighted by atomic mass is 9.86. The number of aromatic nitrogens is 1. The highest BCUT2D eigenvalue weighted by molar-refractivity contribution is 6.05. The summed E-state index contributed by atoms with van der Waals surface area (Å²) in [6.07, 6.45) is 3.70. The molecule has 1 aromatic heterocycles. The number of hydrogen-bond donors (Lipinski definition) is 3. The normalized spacial score (nSPS) is 13.3. The average Bonchev–Trinajstić information content (AvgIpc) is 2.74. The van der Waals surface area contributed by atoms with Crippen molar-refractivity contribution in [3.05, 3.63) is 66.0 Å². The van der Waals surface area contributed by atoms with Crippen molar-refractivity contribution in [2.75, 3.05) is 17.7 Å². The Morgan fingerprint density at radius 3 is 2.61 bits per heavy atom. The molecule has 1 amide bonds. The number of nitrogens with zero attached hydrogens (tertiary/aromatic N) is 2. The van der Waals surface area contributed by atoms with Gasteiger partial charge in [0.25, 0.3) is 5.91 Å². The minimum absolute atomic E-state index is 0.0856. The lowest BCUT2D eigenvalue weighted by molar-refractivity contribution is 0.102. The number of hydrogen-bond acceptors (Lipinski definition) is 6. The van der Waals surface area contributed by atoms with Crippen molar-refractivity contribution in [3.63, 3.8) is 0 Å². The van der Waals surface area contributed by atoms with E-state index in [4.69, 9.17) is 16.0 Å². The number of carbonyl (C=O) groups excluding carboxylic acids is 1. The van der Waals surface area contributed by atoms with Gasteiger partial charge in [0.15, 0.2) is 5.82 Å². The molecule has 31 heavy (non-hydrogen) atoms. The fourth-order valence-corrected chi connectivity index (χ4v) is 3.29. The Hall–Kier alpha value is -3.81. The van der Waals surface area contributed by atoms with Crippen LogP contribution < -0.4 is 15.8 Å². The zero-order chi connectivity index (χ0) is 21.8. The Morgan fingerprint density at radius 2 is 1.97 bits per heavy atom. The Labute approximate surface area is 179 Å². The number of nitrogen functional groups attached to an aromatic ring is 1. The second-order valence-corrected chi connectivity index (χ2v) is 7.49. The van der Waals surface area contributed by atoms with Crippen LogP contribution in [0.2, 0.25) is 0 Å². The first-order valence-electron chi connectivity index (χ1n) is 10.0. The van der Waals surface area contributed by atoms with Crippen molar-refractivity contribution >= 4 is 23.1 Å². The van der Waals surface area contributed by atoms with Gasteiger partial charge in [0.2, 0.25) is 0 Å². The predicted molar refractivity (Wildman–Crippen MR) is 116 cm³/mol. The summed E-state index contributed by atoms with van der Waals surface area (Å²) in [4.78, 5) is 16.8. The molecule has 0 aliphatic heterocycles. The van der Waals surface area contributed by atoms with Gasteiger partial charge in [0.05, 0.1) is 17.9 Å². The predicted octanol–water partition coefficient (Wildman–Crippen LogP) is 5.56. The summed E-state index contributed by atoms with van der Waals surface area (Å²) in [5, 5.41) is 5.98. The van der Waals surface area contributed by atoms with Gasteiger partial charge in [-0.3, -0.25) is 4.79 Å². The summed E-state index contributed by atoms with van der Waals surface area (Å²) in [5.74, 6) is 0.241. The maximum Gasteiger partial charge on any atom is 0.258 e. The van der Waals surface area contributed by atoms with E-state index in [2.05, 4.69) is 15.4 Å². The Morgan fingerprint density at radius 1 is 1.19 bits per heavy atom.